The molecule has 4 nitrogen and oxygen atoms in total. The van der Waals surface area contributed by atoms with Crippen LogP contribution in [0, 0.1) is 0 Å². The molecule has 5 heteroatoms. The predicted octanol–water partition coefficient (Wildman–Crippen LogP) is 1.76. The van der Waals surface area contributed by atoms with Crippen molar-refractivity contribution in [2.45, 2.75) is 6.10 Å². The average Bonchev–Trinajstić information content (AvgIpc) is 2.76. The molecule has 2 aromatic rings. The lowest BCUT2D eigenvalue weighted by Crippen LogP contribution is -2.33. The molecule has 3 heterocycles. The van der Waals surface area contributed by atoms with Gasteiger partial charge in [0.1, 0.15) is 11.8 Å². The van der Waals surface area contributed by atoms with Gasteiger partial charge < -0.3 is 10.1 Å². The molecule has 0 radical (unpaired) electrons. The number of rotatable bonds is 1. The van der Waals surface area contributed by atoms with Gasteiger partial charge in [-0.05, 0) is 28.1 Å². The number of nitrogens with one attached hydrogen (secondary N) is 1. The van der Waals surface area contributed by atoms with Gasteiger partial charge in [-0.25, -0.2) is 4.98 Å². The maximum absolute atomic E-state index is 5.68. The first-order valence-electron chi connectivity index (χ1n) is 5.30. The van der Waals surface area contributed by atoms with Crippen molar-refractivity contribution in [3.8, 4) is 0 Å². The minimum atomic E-state index is 0.0700. The molecule has 1 aliphatic heterocycles. The smallest absolute Gasteiger partial charge is 0.137 e. The van der Waals surface area contributed by atoms with Crippen molar-refractivity contribution >= 4 is 21.6 Å². The van der Waals surface area contributed by atoms with E-state index in [1.165, 1.54) is 0 Å². The van der Waals surface area contributed by atoms with Crippen LogP contribution in [0.15, 0.2) is 29.0 Å². The molecule has 0 saturated carbocycles. The third kappa shape index (κ3) is 1.75. The Bertz CT molecular complexity index is 505. The largest absolute Gasteiger partial charge is 0.369 e. The first-order valence-corrected chi connectivity index (χ1v) is 6.10. The number of nitrogens with zero attached hydrogens (tertiary/aromatic N) is 2. The van der Waals surface area contributed by atoms with Gasteiger partial charge in [-0.2, -0.15) is 0 Å². The van der Waals surface area contributed by atoms with Crippen molar-refractivity contribution in [3.63, 3.8) is 0 Å². The van der Waals surface area contributed by atoms with Gasteiger partial charge >= 0.3 is 0 Å². The lowest BCUT2D eigenvalue weighted by Gasteiger charge is -2.21. The van der Waals surface area contributed by atoms with E-state index in [0.717, 1.165) is 35.6 Å². The highest BCUT2D eigenvalue weighted by molar-refractivity contribution is 9.10. The highest BCUT2D eigenvalue weighted by atomic mass is 79.9. The summed E-state index contributed by atoms with van der Waals surface area (Å²) >= 11 is 3.50. The van der Waals surface area contributed by atoms with Crippen LogP contribution in [0.4, 0.5) is 0 Å². The fourth-order valence-electron chi connectivity index (χ4n) is 1.91. The standard InChI is InChI=1S/C11H12BrN3O/c12-10-2-1-3-11-14-8(7-15(10)11)9-6-13-4-5-16-9/h1-3,7,9,13H,4-6H2. The number of halogens is 1. The van der Waals surface area contributed by atoms with E-state index in [1.54, 1.807) is 0 Å². The van der Waals surface area contributed by atoms with Crippen LogP contribution in [0.2, 0.25) is 0 Å². The highest BCUT2D eigenvalue weighted by Gasteiger charge is 2.18. The number of hydrogen-bond acceptors (Lipinski definition) is 3. The normalized spacial score (nSPS) is 21.4. The molecule has 1 fully saturated rings. The summed E-state index contributed by atoms with van der Waals surface area (Å²) in [6, 6.07) is 5.97. The van der Waals surface area contributed by atoms with E-state index in [1.807, 2.05) is 28.8 Å². The number of fused-ring (bicyclic) bond motifs is 1. The van der Waals surface area contributed by atoms with Crippen LogP contribution in [0.1, 0.15) is 11.8 Å². The maximum atomic E-state index is 5.68. The van der Waals surface area contributed by atoms with Crippen LogP contribution in [-0.4, -0.2) is 29.1 Å². The van der Waals surface area contributed by atoms with Crippen LogP contribution < -0.4 is 5.32 Å². The van der Waals surface area contributed by atoms with Crippen LogP contribution in [0.5, 0.6) is 0 Å². The van der Waals surface area contributed by atoms with Crippen LogP contribution in [-0.2, 0) is 4.74 Å². The van der Waals surface area contributed by atoms with E-state index < -0.39 is 0 Å². The van der Waals surface area contributed by atoms with Gasteiger partial charge in [0.05, 0.1) is 16.9 Å². The number of morpholine rings is 1. The SMILES string of the molecule is Brc1cccc2nc(C3CNCCO3)cn12. The van der Waals surface area contributed by atoms with Gasteiger partial charge in [0.15, 0.2) is 0 Å². The van der Waals surface area contributed by atoms with Crippen LogP contribution in [0.3, 0.4) is 0 Å². The third-order valence-electron chi connectivity index (χ3n) is 2.72. The molecular formula is C11H12BrN3O. The number of ether oxygens (including phenoxy) is 1. The van der Waals surface area contributed by atoms with E-state index in [2.05, 4.69) is 26.2 Å². The molecule has 1 unspecified atom stereocenters. The van der Waals surface area contributed by atoms with E-state index in [0.29, 0.717) is 0 Å². The van der Waals surface area contributed by atoms with Gasteiger partial charge in [0.2, 0.25) is 0 Å². The Morgan fingerprint density at radius 2 is 2.44 bits per heavy atom. The Kier molecular flexibility index (Phi) is 2.67. The van der Waals surface area contributed by atoms with Gasteiger partial charge in [-0.15, -0.1) is 0 Å². The van der Waals surface area contributed by atoms with Crippen molar-refractivity contribution < 1.29 is 4.74 Å². The molecule has 0 aromatic carbocycles. The molecular weight excluding hydrogens is 270 g/mol. The first kappa shape index (κ1) is 10.3. The Morgan fingerprint density at radius 3 is 3.19 bits per heavy atom. The first-order chi connectivity index (χ1) is 7.84. The van der Waals surface area contributed by atoms with Gasteiger partial charge in [0, 0.05) is 19.3 Å². The monoisotopic (exact) mass is 281 g/mol. The fraction of sp³-hybridized carbons (Fsp3) is 0.364. The molecule has 3 rings (SSSR count). The van der Waals surface area contributed by atoms with Gasteiger partial charge in [0.25, 0.3) is 0 Å². The molecule has 1 aliphatic rings. The zero-order valence-electron chi connectivity index (χ0n) is 8.69. The average molecular weight is 282 g/mol. The zero-order chi connectivity index (χ0) is 11.0. The molecule has 1 saturated heterocycles. The molecule has 16 heavy (non-hydrogen) atoms. The fourth-order valence-corrected chi connectivity index (χ4v) is 2.34. The lowest BCUT2D eigenvalue weighted by molar-refractivity contribution is 0.0253. The number of aromatic nitrogens is 2. The van der Waals surface area contributed by atoms with E-state index in [4.69, 9.17) is 4.74 Å². The number of imidazole rings is 1. The molecule has 2 aromatic heterocycles. The van der Waals surface area contributed by atoms with Gasteiger partial charge in [-0.3, -0.25) is 4.40 Å². The second-order valence-corrected chi connectivity index (χ2v) is 4.62. The predicted molar refractivity (Wildman–Crippen MR) is 64.5 cm³/mol. The lowest BCUT2D eigenvalue weighted by atomic mass is 10.2. The van der Waals surface area contributed by atoms with Crippen LogP contribution in [0.25, 0.3) is 5.65 Å². The van der Waals surface area contributed by atoms with E-state index in [-0.39, 0.29) is 6.10 Å². The van der Waals surface area contributed by atoms with Crippen molar-refractivity contribution in [1.29, 1.82) is 0 Å². The molecule has 0 aliphatic carbocycles. The Hall–Kier alpha value is -0.910. The summed E-state index contributed by atoms with van der Waals surface area (Å²) in [6.45, 7) is 2.51. The summed E-state index contributed by atoms with van der Waals surface area (Å²) in [5.74, 6) is 0. The number of pyridine rings is 1. The summed E-state index contributed by atoms with van der Waals surface area (Å²) in [6.07, 6.45) is 2.09. The molecule has 1 atom stereocenters. The molecule has 0 spiro atoms. The summed E-state index contributed by atoms with van der Waals surface area (Å²) < 4.78 is 8.71. The van der Waals surface area contributed by atoms with Crippen molar-refractivity contribution in [2.24, 2.45) is 0 Å². The van der Waals surface area contributed by atoms with E-state index >= 15 is 0 Å². The Labute approximate surface area is 102 Å². The maximum Gasteiger partial charge on any atom is 0.137 e. The third-order valence-corrected chi connectivity index (χ3v) is 3.36. The highest BCUT2D eigenvalue weighted by Crippen LogP contribution is 2.21. The second kappa shape index (κ2) is 4.16. The minimum absolute atomic E-state index is 0.0700. The minimum Gasteiger partial charge on any atom is -0.369 e. The summed E-state index contributed by atoms with van der Waals surface area (Å²) in [5, 5.41) is 3.31. The topological polar surface area (TPSA) is 38.6 Å². The Balaban J connectivity index is 2.01. The zero-order valence-corrected chi connectivity index (χ0v) is 10.3. The summed E-state index contributed by atoms with van der Waals surface area (Å²) in [7, 11) is 0. The Morgan fingerprint density at radius 1 is 1.50 bits per heavy atom. The molecule has 0 bridgehead atoms. The second-order valence-electron chi connectivity index (χ2n) is 3.81. The summed E-state index contributed by atoms with van der Waals surface area (Å²) in [5.41, 5.74) is 1.93. The van der Waals surface area contributed by atoms with Crippen molar-refractivity contribution in [2.75, 3.05) is 19.7 Å². The van der Waals surface area contributed by atoms with Crippen LogP contribution >= 0.6 is 15.9 Å². The molecule has 84 valence electrons. The summed E-state index contributed by atoms with van der Waals surface area (Å²) in [4.78, 5) is 4.57. The van der Waals surface area contributed by atoms with E-state index in [9.17, 15) is 0 Å². The quantitative estimate of drug-likeness (QED) is 0.810. The van der Waals surface area contributed by atoms with Crippen molar-refractivity contribution in [3.05, 3.63) is 34.7 Å². The molecule has 0 amide bonds. The van der Waals surface area contributed by atoms with Gasteiger partial charge in [-0.1, -0.05) is 6.07 Å². The molecule has 1 N–H and O–H groups in total. The van der Waals surface area contributed by atoms with Crippen molar-refractivity contribution in [1.82, 2.24) is 14.7 Å². The number of hydrogen-bond donors (Lipinski definition) is 1.